The highest BCUT2D eigenvalue weighted by Crippen LogP contribution is 2.35. The number of fused-ring (bicyclic) bond motifs is 1. The summed E-state index contributed by atoms with van der Waals surface area (Å²) in [4.78, 5) is 28.2. The first kappa shape index (κ1) is 16.7. The van der Waals surface area contributed by atoms with Gasteiger partial charge in [0.05, 0.1) is 6.54 Å². The number of rotatable bonds is 7. The zero-order chi connectivity index (χ0) is 16.9. The van der Waals surface area contributed by atoms with Crippen LogP contribution in [-0.4, -0.2) is 37.0 Å². The maximum absolute atomic E-state index is 12.7. The summed E-state index contributed by atoms with van der Waals surface area (Å²) in [6, 6.07) is 10.7. The van der Waals surface area contributed by atoms with Gasteiger partial charge in [0, 0.05) is 30.7 Å². The number of nitrogens with zero attached hydrogens (tertiary/aromatic N) is 1. The van der Waals surface area contributed by atoms with E-state index in [9.17, 15) is 9.59 Å². The molecule has 2 aromatic rings. The molecule has 0 saturated carbocycles. The molecule has 1 aromatic carbocycles. The fourth-order valence-electron chi connectivity index (χ4n) is 2.91. The van der Waals surface area contributed by atoms with Crippen LogP contribution in [-0.2, 0) is 16.1 Å². The molecule has 3 rings (SSSR count). The summed E-state index contributed by atoms with van der Waals surface area (Å²) >= 11 is 1.59. The molecule has 6 heteroatoms. The van der Waals surface area contributed by atoms with Gasteiger partial charge in [0.15, 0.2) is 0 Å². The van der Waals surface area contributed by atoms with Gasteiger partial charge in [-0.15, -0.1) is 11.3 Å². The number of nitrogens with one attached hydrogen (secondary N) is 1. The number of benzene rings is 1. The highest BCUT2D eigenvalue weighted by atomic mass is 32.1. The molecule has 0 aliphatic carbocycles. The largest absolute Gasteiger partial charge is 0.385 e. The first-order valence-electron chi connectivity index (χ1n) is 7.91. The van der Waals surface area contributed by atoms with Crippen molar-refractivity contribution in [1.29, 1.82) is 0 Å². The molecule has 24 heavy (non-hydrogen) atoms. The lowest BCUT2D eigenvalue weighted by Gasteiger charge is -2.24. The van der Waals surface area contributed by atoms with Crippen LogP contribution in [0.2, 0.25) is 0 Å². The van der Waals surface area contributed by atoms with Gasteiger partial charge >= 0.3 is 0 Å². The van der Waals surface area contributed by atoms with Crippen LogP contribution in [0.1, 0.15) is 33.3 Å². The Morgan fingerprint density at radius 2 is 2.12 bits per heavy atom. The second-order valence-corrected chi connectivity index (χ2v) is 6.67. The van der Waals surface area contributed by atoms with Crippen LogP contribution < -0.4 is 5.32 Å². The van der Waals surface area contributed by atoms with Crippen molar-refractivity contribution in [2.45, 2.75) is 19.0 Å². The van der Waals surface area contributed by atoms with E-state index in [1.54, 1.807) is 29.4 Å². The smallest absolute Gasteiger partial charge is 0.255 e. The van der Waals surface area contributed by atoms with E-state index < -0.39 is 6.04 Å². The highest BCUT2D eigenvalue weighted by Gasteiger charge is 2.40. The van der Waals surface area contributed by atoms with Gasteiger partial charge in [-0.1, -0.05) is 24.3 Å². The Hall–Kier alpha value is -2.18. The normalized spacial score (nSPS) is 16.3. The van der Waals surface area contributed by atoms with Gasteiger partial charge in [-0.3, -0.25) is 9.59 Å². The monoisotopic (exact) mass is 344 g/mol. The fraction of sp³-hybridized carbons (Fsp3) is 0.333. The summed E-state index contributed by atoms with van der Waals surface area (Å²) < 4.78 is 5.00. The Bertz CT molecular complexity index is 715. The van der Waals surface area contributed by atoms with Crippen LogP contribution in [0.4, 0.5) is 0 Å². The lowest BCUT2D eigenvalue weighted by Crippen LogP contribution is -2.39. The molecule has 1 aromatic heterocycles. The molecule has 1 aliphatic rings. The molecule has 1 unspecified atom stereocenters. The van der Waals surface area contributed by atoms with E-state index in [2.05, 4.69) is 5.32 Å². The first-order valence-corrected chi connectivity index (χ1v) is 8.79. The zero-order valence-corrected chi connectivity index (χ0v) is 14.3. The predicted octanol–water partition coefficient (Wildman–Crippen LogP) is 2.60. The van der Waals surface area contributed by atoms with Crippen LogP contribution >= 0.6 is 11.3 Å². The van der Waals surface area contributed by atoms with Crippen LogP contribution in [0.5, 0.6) is 0 Å². The average molecular weight is 344 g/mol. The summed E-state index contributed by atoms with van der Waals surface area (Å²) in [6.45, 7) is 1.58. The molecule has 0 spiro atoms. The summed E-state index contributed by atoms with van der Waals surface area (Å²) in [5.74, 6) is -0.225. The van der Waals surface area contributed by atoms with Gasteiger partial charge in [-0.25, -0.2) is 0 Å². The van der Waals surface area contributed by atoms with Gasteiger partial charge in [0.1, 0.15) is 6.04 Å². The van der Waals surface area contributed by atoms with Crippen molar-refractivity contribution in [3.05, 3.63) is 57.8 Å². The van der Waals surface area contributed by atoms with Gasteiger partial charge in [-0.2, -0.15) is 0 Å². The minimum Gasteiger partial charge on any atom is -0.385 e. The second-order valence-electron chi connectivity index (χ2n) is 5.64. The number of methoxy groups -OCH3 is 1. The van der Waals surface area contributed by atoms with E-state index >= 15 is 0 Å². The third-order valence-electron chi connectivity index (χ3n) is 4.04. The van der Waals surface area contributed by atoms with E-state index in [-0.39, 0.29) is 11.8 Å². The van der Waals surface area contributed by atoms with Crippen molar-refractivity contribution in [3.63, 3.8) is 0 Å². The summed E-state index contributed by atoms with van der Waals surface area (Å²) in [5.41, 5.74) is 1.40. The van der Waals surface area contributed by atoms with E-state index in [0.29, 0.717) is 25.3 Å². The van der Waals surface area contributed by atoms with Crippen molar-refractivity contribution < 1.29 is 14.3 Å². The standard InChI is InChI=1S/C18H20N2O3S/c1-23-10-5-9-19-17(21)16-14-7-2-3-8-15(14)18(22)20(16)12-13-6-4-11-24-13/h2-4,6-8,11,16H,5,9-10,12H2,1H3,(H,19,21). The molecule has 1 N–H and O–H groups in total. The molecule has 1 atom stereocenters. The van der Waals surface area contributed by atoms with E-state index in [4.69, 9.17) is 4.74 Å². The van der Waals surface area contributed by atoms with Crippen LogP contribution in [0, 0.1) is 0 Å². The second kappa shape index (κ2) is 7.59. The molecule has 1 aliphatic heterocycles. The molecular weight excluding hydrogens is 324 g/mol. The SMILES string of the molecule is COCCCNC(=O)C1c2ccccc2C(=O)N1Cc1cccs1. The molecule has 5 nitrogen and oxygen atoms in total. The predicted molar refractivity (Wildman–Crippen MR) is 92.9 cm³/mol. The topological polar surface area (TPSA) is 58.6 Å². The Kier molecular flexibility index (Phi) is 5.27. The summed E-state index contributed by atoms with van der Waals surface area (Å²) in [5, 5.41) is 4.90. The van der Waals surface area contributed by atoms with Gasteiger partial charge in [0.25, 0.3) is 5.91 Å². The molecular formula is C18H20N2O3S. The maximum atomic E-state index is 12.7. The van der Waals surface area contributed by atoms with Gasteiger partial charge in [-0.05, 0) is 29.5 Å². The molecule has 126 valence electrons. The van der Waals surface area contributed by atoms with Crippen molar-refractivity contribution >= 4 is 23.2 Å². The van der Waals surface area contributed by atoms with Crippen molar-refractivity contribution in [2.24, 2.45) is 0 Å². The number of amides is 2. The Morgan fingerprint density at radius 1 is 1.29 bits per heavy atom. The first-order chi connectivity index (χ1) is 11.7. The minimum absolute atomic E-state index is 0.0870. The molecule has 0 fully saturated rings. The summed E-state index contributed by atoms with van der Waals surface area (Å²) in [7, 11) is 1.64. The van der Waals surface area contributed by atoms with Crippen LogP contribution in [0.3, 0.4) is 0 Å². The van der Waals surface area contributed by atoms with Crippen molar-refractivity contribution in [2.75, 3.05) is 20.3 Å². The Labute approximate surface area is 145 Å². The van der Waals surface area contributed by atoms with Crippen LogP contribution in [0.25, 0.3) is 0 Å². The number of carbonyl (C=O) groups is 2. The van der Waals surface area contributed by atoms with Crippen LogP contribution in [0.15, 0.2) is 41.8 Å². The number of hydrogen-bond donors (Lipinski definition) is 1. The molecule has 2 heterocycles. The van der Waals surface area contributed by atoms with Gasteiger partial charge < -0.3 is 15.0 Å². The van der Waals surface area contributed by atoms with E-state index in [0.717, 1.165) is 16.9 Å². The third-order valence-corrected chi connectivity index (χ3v) is 4.90. The van der Waals surface area contributed by atoms with Gasteiger partial charge in [0.2, 0.25) is 5.91 Å². The molecule has 0 saturated heterocycles. The molecule has 2 amide bonds. The zero-order valence-electron chi connectivity index (χ0n) is 13.5. The molecule has 0 radical (unpaired) electrons. The van der Waals surface area contributed by atoms with Crippen molar-refractivity contribution in [3.8, 4) is 0 Å². The highest BCUT2D eigenvalue weighted by molar-refractivity contribution is 7.09. The Balaban J connectivity index is 1.81. The summed E-state index contributed by atoms with van der Waals surface area (Å²) in [6.07, 6.45) is 0.746. The quantitative estimate of drug-likeness (QED) is 0.786. The number of thiophene rings is 1. The van der Waals surface area contributed by atoms with E-state index in [1.807, 2.05) is 35.7 Å². The average Bonchev–Trinajstić information content (AvgIpc) is 3.20. The lowest BCUT2D eigenvalue weighted by atomic mass is 10.0. The van der Waals surface area contributed by atoms with E-state index in [1.165, 1.54) is 0 Å². The third kappa shape index (κ3) is 3.34. The number of ether oxygens (including phenoxy) is 1. The fourth-order valence-corrected chi connectivity index (χ4v) is 3.61. The van der Waals surface area contributed by atoms with Crippen molar-refractivity contribution in [1.82, 2.24) is 10.2 Å². The lowest BCUT2D eigenvalue weighted by molar-refractivity contribution is -0.125. The number of hydrogen-bond acceptors (Lipinski definition) is 4. The maximum Gasteiger partial charge on any atom is 0.255 e. The minimum atomic E-state index is -0.571. The molecule has 0 bridgehead atoms. The number of carbonyl (C=O) groups excluding carboxylic acids is 2. The Morgan fingerprint density at radius 3 is 2.88 bits per heavy atom.